The maximum absolute atomic E-state index is 11.8. The zero-order valence-corrected chi connectivity index (χ0v) is 14.1. The topological polar surface area (TPSA) is 55.6 Å². The van der Waals surface area contributed by atoms with Gasteiger partial charge in [0.25, 0.3) is 0 Å². The number of benzene rings is 1. The lowest BCUT2D eigenvalue weighted by atomic mass is 9.97. The number of carbonyl (C=O) groups is 1. The summed E-state index contributed by atoms with van der Waals surface area (Å²) in [5.74, 6) is 1.04. The zero-order valence-electron chi connectivity index (χ0n) is 12.5. The Labute approximate surface area is 137 Å². The third-order valence-electron chi connectivity index (χ3n) is 3.90. The molecule has 1 aliphatic rings. The minimum atomic E-state index is -0.207. The molecule has 22 heavy (non-hydrogen) atoms. The number of carbonyl (C=O) groups excluding carboxylic acids is 1. The molecule has 2 aromatic rings. The Morgan fingerprint density at radius 1 is 1.45 bits per heavy atom. The van der Waals surface area contributed by atoms with Gasteiger partial charge < -0.3 is 14.1 Å². The number of fused-ring (bicyclic) bond motifs is 1. The van der Waals surface area contributed by atoms with Gasteiger partial charge in [-0.05, 0) is 37.5 Å². The Balaban J connectivity index is 1.64. The Bertz CT molecular complexity index is 662. The van der Waals surface area contributed by atoms with Crippen LogP contribution in [-0.4, -0.2) is 35.7 Å². The predicted octanol–water partition coefficient (Wildman–Crippen LogP) is 4.32. The molecule has 0 saturated carbocycles. The molecule has 2 heterocycles. The van der Waals surface area contributed by atoms with Crippen molar-refractivity contribution in [2.24, 2.45) is 0 Å². The van der Waals surface area contributed by atoms with Crippen LogP contribution < -0.4 is 0 Å². The van der Waals surface area contributed by atoms with Crippen LogP contribution in [0.1, 0.15) is 38.0 Å². The second-order valence-electron chi connectivity index (χ2n) is 5.54. The van der Waals surface area contributed by atoms with Gasteiger partial charge in [0.05, 0.1) is 6.61 Å². The molecule has 1 amide bonds. The molecule has 3 rings (SSSR count). The fraction of sp³-hybridized carbons (Fsp3) is 0.500. The Kier molecular flexibility index (Phi) is 4.66. The van der Waals surface area contributed by atoms with Gasteiger partial charge in [0.15, 0.2) is 11.5 Å². The molecular weight excluding hydrogens is 348 g/mol. The van der Waals surface area contributed by atoms with E-state index in [0.717, 1.165) is 40.7 Å². The van der Waals surface area contributed by atoms with Crippen LogP contribution >= 0.6 is 15.9 Å². The van der Waals surface area contributed by atoms with Gasteiger partial charge in [0.1, 0.15) is 5.52 Å². The first-order valence-electron chi connectivity index (χ1n) is 7.65. The molecule has 1 aliphatic heterocycles. The van der Waals surface area contributed by atoms with Crippen LogP contribution in [0.25, 0.3) is 11.1 Å². The van der Waals surface area contributed by atoms with E-state index < -0.39 is 0 Å². The van der Waals surface area contributed by atoms with Crippen LogP contribution in [0.15, 0.2) is 27.1 Å². The smallest absolute Gasteiger partial charge is 0.409 e. The number of nitrogens with zero attached hydrogens (tertiary/aromatic N) is 2. The minimum absolute atomic E-state index is 0.207. The SMILES string of the molecule is CCCOC(=O)N1CCC(c2nc3ccc(Br)cc3o2)CC1. The largest absolute Gasteiger partial charge is 0.449 e. The molecule has 5 nitrogen and oxygen atoms in total. The first-order chi connectivity index (χ1) is 10.7. The normalized spacial score (nSPS) is 16.2. The van der Waals surface area contributed by atoms with E-state index in [-0.39, 0.29) is 12.0 Å². The maximum atomic E-state index is 11.8. The number of halogens is 1. The second-order valence-corrected chi connectivity index (χ2v) is 6.46. The number of hydrogen-bond acceptors (Lipinski definition) is 4. The van der Waals surface area contributed by atoms with Gasteiger partial charge in [0.2, 0.25) is 0 Å². The van der Waals surface area contributed by atoms with Gasteiger partial charge in [-0.15, -0.1) is 0 Å². The van der Waals surface area contributed by atoms with Crippen molar-refractivity contribution in [1.82, 2.24) is 9.88 Å². The van der Waals surface area contributed by atoms with Crippen molar-refractivity contribution < 1.29 is 13.9 Å². The summed E-state index contributed by atoms with van der Waals surface area (Å²) in [5.41, 5.74) is 1.68. The quantitative estimate of drug-likeness (QED) is 0.811. The van der Waals surface area contributed by atoms with Crippen molar-refractivity contribution in [2.75, 3.05) is 19.7 Å². The monoisotopic (exact) mass is 366 g/mol. The van der Waals surface area contributed by atoms with E-state index in [1.807, 2.05) is 25.1 Å². The molecule has 0 N–H and O–H groups in total. The molecule has 0 unspecified atom stereocenters. The zero-order chi connectivity index (χ0) is 15.5. The number of oxazole rings is 1. The number of rotatable bonds is 3. The predicted molar refractivity (Wildman–Crippen MR) is 86.9 cm³/mol. The van der Waals surface area contributed by atoms with E-state index in [4.69, 9.17) is 9.15 Å². The Morgan fingerprint density at radius 2 is 2.23 bits per heavy atom. The van der Waals surface area contributed by atoms with E-state index in [1.165, 1.54) is 0 Å². The Hall–Kier alpha value is -1.56. The van der Waals surface area contributed by atoms with Crippen LogP contribution in [0.4, 0.5) is 4.79 Å². The lowest BCUT2D eigenvalue weighted by molar-refractivity contribution is 0.0913. The number of hydrogen-bond donors (Lipinski definition) is 0. The highest BCUT2D eigenvalue weighted by Crippen LogP contribution is 2.31. The number of amides is 1. The molecule has 0 aliphatic carbocycles. The number of piperidine rings is 1. The summed E-state index contributed by atoms with van der Waals surface area (Å²) in [6.07, 6.45) is 2.35. The van der Waals surface area contributed by atoms with Crippen LogP contribution in [-0.2, 0) is 4.74 Å². The van der Waals surface area contributed by atoms with Crippen LogP contribution in [0.3, 0.4) is 0 Å². The second kappa shape index (κ2) is 6.69. The fourth-order valence-electron chi connectivity index (χ4n) is 2.68. The number of aromatic nitrogens is 1. The molecule has 1 fully saturated rings. The fourth-order valence-corrected chi connectivity index (χ4v) is 3.02. The van der Waals surface area contributed by atoms with E-state index in [0.29, 0.717) is 19.7 Å². The summed E-state index contributed by atoms with van der Waals surface area (Å²) in [4.78, 5) is 18.2. The van der Waals surface area contributed by atoms with Crippen LogP contribution in [0, 0.1) is 0 Å². The summed E-state index contributed by atoms with van der Waals surface area (Å²) < 4.78 is 12.0. The summed E-state index contributed by atoms with van der Waals surface area (Å²) in [6, 6.07) is 5.84. The Morgan fingerprint density at radius 3 is 2.95 bits per heavy atom. The van der Waals surface area contributed by atoms with Crippen LogP contribution in [0.5, 0.6) is 0 Å². The van der Waals surface area contributed by atoms with Crippen molar-refractivity contribution >= 4 is 33.1 Å². The highest BCUT2D eigenvalue weighted by molar-refractivity contribution is 9.10. The summed E-state index contributed by atoms with van der Waals surface area (Å²) in [6.45, 7) is 3.86. The van der Waals surface area contributed by atoms with Gasteiger partial charge in [-0.3, -0.25) is 0 Å². The van der Waals surface area contributed by atoms with Gasteiger partial charge >= 0.3 is 6.09 Å². The van der Waals surface area contributed by atoms with Crippen molar-refractivity contribution in [1.29, 1.82) is 0 Å². The summed E-state index contributed by atoms with van der Waals surface area (Å²) in [5, 5.41) is 0. The number of likely N-dealkylation sites (tertiary alicyclic amines) is 1. The highest BCUT2D eigenvalue weighted by atomic mass is 79.9. The van der Waals surface area contributed by atoms with E-state index in [9.17, 15) is 4.79 Å². The molecule has 0 bridgehead atoms. The van der Waals surface area contributed by atoms with Crippen molar-refractivity contribution in [2.45, 2.75) is 32.1 Å². The molecule has 0 spiro atoms. The maximum Gasteiger partial charge on any atom is 0.409 e. The molecule has 1 aromatic carbocycles. The van der Waals surface area contributed by atoms with Gasteiger partial charge in [0, 0.05) is 23.5 Å². The standard InChI is InChI=1S/C16H19BrN2O3/c1-2-9-21-16(20)19-7-5-11(6-8-19)15-18-13-4-3-12(17)10-14(13)22-15/h3-4,10-11H,2,5-9H2,1H3. The average molecular weight is 367 g/mol. The molecule has 6 heteroatoms. The third kappa shape index (κ3) is 3.27. The molecule has 1 saturated heterocycles. The van der Waals surface area contributed by atoms with Crippen LogP contribution in [0.2, 0.25) is 0 Å². The first kappa shape index (κ1) is 15.3. The first-order valence-corrected chi connectivity index (χ1v) is 8.44. The average Bonchev–Trinajstić information content (AvgIpc) is 2.95. The lowest BCUT2D eigenvalue weighted by Crippen LogP contribution is -2.38. The summed E-state index contributed by atoms with van der Waals surface area (Å²) >= 11 is 3.44. The lowest BCUT2D eigenvalue weighted by Gasteiger charge is -2.29. The van der Waals surface area contributed by atoms with Crippen molar-refractivity contribution in [3.63, 3.8) is 0 Å². The molecule has 1 aromatic heterocycles. The van der Waals surface area contributed by atoms with E-state index >= 15 is 0 Å². The van der Waals surface area contributed by atoms with E-state index in [2.05, 4.69) is 20.9 Å². The van der Waals surface area contributed by atoms with Gasteiger partial charge in [-0.25, -0.2) is 9.78 Å². The highest BCUT2D eigenvalue weighted by Gasteiger charge is 2.27. The number of ether oxygens (including phenoxy) is 1. The van der Waals surface area contributed by atoms with Crippen molar-refractivity contribution in [3.05, 3.63) is 28.6 Å². The van der Waals surface area contributed by atoms with Gasteiger partial charge in [-0.1, -0.05) is 22.9 Å². The van der Waals surface area contributed by atoms with Gasteiger partial charge in [-0.2, -0.15) is 0 Å². The molecule has 0 atom stereocenters. The molecule has 118 valence electrons. The summed E-state index contributed by atoms with van der Waals surface area (Å²) in [7, 11) is 0. The minimum Gasteiger partial charge on any atom is -0.449 e. The van der Waals surface area contributed by atoms with Crippen molar-refractivity contribution in [3.8, 4) is 0 Å². The third-order valence-corrected chi connectivity index (χ3v) is 4.39. The molecular formula is C16H19BrN2O3. The van der Waals surface area contributed by atoms with E-state index in [1.54, 1.807) is 4.90 Å². The molecule has 0 radical (unpaired) electrons.